The fourth-order valence-electron chi connectivity index (χ4n) is 2.67. The van der Waals surface area contributed by atoms with Crippen LogP contribution < -0.4 is 15.4 Å². The van der Waals surface area contributed by atoms with E-state index in [9.17, 15) is 4.79 Å². The summed E-state index contributed by atoms with van der Waals surface area (Å²) in [5.41, 5.74) is 1.29. The first-order valence-electron chi connectivity index (χ1n) is 8.78. The van der Waals surface area contributed by atoms with E-state index in [-0.39, 0.29) is 29.4 Å². The molecule has 0 fully saturated rings. The third-order valence-electron chi connectivity index (χ3n) is 3.93. The molecule has 0 radical (unpaired) electrons. The number of pyridine rings is 1. The van der Waals surface area contributed by atoms with E-state index < -0.39 is 5.91 Å². The predicted octanol–water partition coefficient (Wildman–Crippen LogP) is 4.94. The summed E-state index contributed by atoms with van der Waals surface area (Å²) < 4.78 is 11.5. The highest BCUT2D eigenvalue weighted by Gasteiger charge is 2.15. The Hall–Kier alpha value is -2.64. The monoisotopic (exact) mass is 419 g/mol. The van der Waals surface area contributed by atoms with Crippen molar-refractivity contribution in [1.29, 1.82) is 0 Å². The van der Waals surface area contributed by atoms with Crippen LogP contribution >= 0.6 is 24.6 Å². The largest absolute Gasteiger partial charge is 0.489 e. The van der Waals surface area contributed by atoms with Crippen molar-refractivity contribution in [1.82, 2.24) is 10.3 Å². The summed E-state index contributed by atoms with van der Waals surface area (Å²) in [4.78, 5) is 16.4. The van der Waals surface area contributed by atoms with Gasteiger partial charge in [-0.1, -0.05) is 25.5 Å². The number of halogens is 1. The zero-order valence-electron chi connectivity index (χ0n) is 15.6. The Balaban J connectivity index is 0.00000280. The van der Waals surface area contributed by atoms with Crippen LogP contribution in [0, 0.1) is 0 Å². The van der Waals surface area contributed by atoms with Gasteiger partial charge in [0, 0.05) is 17.8 Å². The minimum absolute atomic E-state index is 0. The number of carbonyl (C=O) groups is 1. The van der Waals surface area contributed by atoms with Gasteiger partial charge in [-0.05, 0) is 49.8 Å². The van der Waals surface area contributed by atoms with Crippen LogP contribution in [0.1, 0.15) is 37.2 Å². The molecule has 28 heavy (non-hydrogen) atoms. The van der Waals surface area contributed by atoms with Gasteiger partial charge in [0.05, 0.1) is 11.8 Å². The fourth-order valence-corrected chi connectivity index (χ4v) is 2.87. The Morgan fingerprint density at radius 2 is 2.11 bits per heavy atom. The first-order chi connectivity index (χ1) is 13.1. The Bertz CT molecular complexity index is 928. The second-order valence-electron chi connectivity index (χ2n) is 6.15. The van der Waals surface area contributed by atoms with Gasteiger partial charge in [-0.2, -0.15) is 0 Å². The maximum Gasteiger partial charge on any atom is 0.293 e. The van der Waals surface area contributed by atoms with Crippen LogP contribution in [0.5, 0.6) is 5.75 Å². The standard InChI is InChI=1S/C20H21N3O3S.ClH/c1-3-6-13(2)25-17-8-5-4-7-15(17)22-20(27)23-19(24)18-11-14-12-21-10-9-16(14)26-18;/h4-5,7-13H,3,6H2,1-2H3,(H2,22,23,24,27);1H. The number of aromatic nitrogens is 1. The molecule has 3 aromatic rings. The van der Waals surface area contributed by atoms with Crippen LogP contribution in [0.4, 0.5) is 5.69 Å². The number of para-hydroxylation sites is 2. The van der Waals surface area contributed by atoms with Gasteiger partial charge in [0.1, 0.15) is 11.3 Å². The molecule has 3 rings (SSSR count). The maximum absolute atomic E-state index is 12.4. The number of nitrogens with one attached hydrogen (secondary N) is 2. The van der Waals surface area contributed by atoms with Crippen LogP contribution in [-0.2, 0) is 0 Å². The molecule has 0 aliphatic rings. The zero-order chi connectivity index (χ0) is 19.2. The van der Waals surface area contributed by atoms with Gasteiger partial charge in [0.25, 0.3) is 5.91 Å². The van der Waals surface area contributed by atoms with Crippen molar-refractivity contribution in [3.8, 4) is 5.75 Å². The highest BCUT2D eigenvalue weighted by molar-refractivity contribution is 7.80. The molecule has 0 spiro atoms. The summed E-state index contributed by atoms with van der Waals surface area (Å²) in [5, 5.41) is 6.56. The molecule has 0 aliphatic carbocycles. The molecule has 2 N–H and O–H groups in total. The SMILES string of the molecule is CCCC(C)Oc1ccccc1NC(=S)NC(=O)c1cc2cnccc2o1.Cl. The Labute approximate surface area is 175 Å². The lowest BCUT2D eigenvalue weighted by molar-refractivity contribution is 0.0953. The number of fused-ring (bicyclic) bond motifs is 1. The number of nitrogens with zero attached hydrogens (tertiary/aromatic N) is 1. The number of carbonyl (C=O) groups excluding carboxylic acids is 1. The second kappa shape index (κ2) is 10.1. The molecular weight excluding hydrogens is 398 g/mol. The van der Waals surface area contributed by atoms with Crippen LogP contribution in [0.15, 0.2) is 53.2 Å². The van der Waals surface area contributed by atoms with Gasteiger partial charge in [0.2, 0.25) is 0 Å². The predicted molar refractivity (Wildman–Crippen MR) is 116 cm³/mol. The summed E-state index contributed by atoms with van der Waals surface area (Å²) in [5.74, 6) is 0.426. The molecular formula is C20H22ClN3O3S. The number of hydrogen-bond acceptors (Lipinski definition) is 5. The van der Waals surface area contributed by atoms with Crippen molar-refractivity contribution in [2.24, 2.45) is 0 Å². The van der Waals surface area contributed by atoms with E-state index >= 15 is 0 Å². The third-order valence-corrected chi connectivity index (χ3v) is 4.13. The van der Waals surface area contributed by atoms with Gasteiger partial charge in [0.15, 0.2) is 10.9 Å². The average molecular weight is 420 g/mol. The van der Waals surface area contributed by atoms with Crippen molar-refractivity contribution in [3.63, 3.8) is 0 Å². The van der Waals surface area contributed by atoms with Gasteiger partial charge < -0.3 is 14.5 Å². The molecule has 1 atom stereocenters. The van der Waals surface area contributed by atoms with Crippen LogP contribution in [0.3, 0.4) is 0 Å². The lowest BCUT2D eigenvalue weighted by Gasteiger charge is -2.18. The van der Waals surface area contributed by atoms with E-state index in [4.69, 9.17) is 21.4 Å². The molecule has 2 aromatic heterocycles. The molecule has 2 heterocycles. The van der Waals surface area contributed by atoms with Crippen molar-refractivity contribution in [3.05, 3.63) is 54.6 Å². The molecule has 1 unspecified atom stereocenters. The van der Waals surface area contributed by atoms with E-state index in [0.717, 1.165) is 18.2 Å². The normalized spacial score (nSPS) is 11.4. The van der Waals surface area contributed by atoms with Crippen molar-refractivity contribution in [2.45, 2.75) is 32.8 Å². The van der Waals surface area contributed by atoms with Gasteiger partial charge >= 0.3 is 0 Å². The summed E-state index contributed by atoms with van der Waals surface area (Å²) in [6.07, 6.45) is 5.33. The quantitative estimate of drug-likeness (QED) is 0.551. The Morgan fingerprint density at radius 1 is 1.32 bits per heavy atom. The van der Waals surface area contributed by atoms with Crippen molar-refractivity contribution in [2.75, 3.05) is 5.32 Å². The lowest BCUT2D eigenvalue weighted by atomic mass is 10.2. The topological polar surface area (TPSA) is 76.4 Å². The minimum Gasteiger partial charge on any atom is -0.489 e. The summed E-state index contributed by atoms with van der Waals surface area (Å²) in [6, 6.07) is 10.8. The number of furan rings is 1. The molecule has 0 aliphatic heterocycles. The van der Waals surface area contributed by atoms with Gasteiger partial charge in [-0.15, -0.1) is 12.4 Å². The molecule has 8 heteroatoms. The highest BCUT2D eigenvalue weighted by atomic mass is 35.5. The van der Waals surface area contributed by atoms with Crippen LogP contribution in [0.25, 0.3) is 11.0 Å². The number of benzene rings is 1. The van der Waals surface area contributed by atoms with Gasteiger partial charge in [-0.25, -0.2) is 0 Å². The second-order valence-corrected chi connectivity index (χ2v) is 6.55. The van der Waals surface area contributed by atoms with E-state index in [0.29, 0.717) is 17.0 Å². The minimum atomic E-state index is -0.429. The number of amides is 1. The molecule has 6 nitrogen and oxygen atoms in total. The number of hydrogen-bond donors (Lipinski definition) is 2. The third kappa shape index (κ3) is 5.43. The smallest absolute Gasteiger partial charge is 0.293 e. The highest BCUT2D eigenvalue weighted by Crippen LogP contribution is 2.25. The Kier molecular flexibility index (Phi) is 7.78. The average Bonchev–Trinajstić information content (AvgIpc) is 3.08. The summed E-state index contributed by atoms with van der Waals surface area (Å²) in [6.45, 7) is 4.14. The molecule has 0 saturated heterocycles. The number of thiocarbonyl (C=S) groups is 1. The number of anilines is 1. The van der Waals surface area contributed by atoms with Gasteiger partial charge in [-0.3, -0.25) is 15.1 Å². The molecule has 1 aromatic carbocycles. The number of rotatable bonds is 6. The zero-order valence-corrected chi connectivity index (χ0v) is 17.2. The fraction of sp³-hybridized carbons (Fsp3) is 0.250. The van der Waals surface area contributed by atoms with E-state index in [1.54, 1.807) is 24.5 Å². The van der Waals surface area contributed by atoms with E-state index in [1.807, 2.05) is 31.2 Å². The van der Waals surface area contributed by atoms with Crippen LogP contribution in [-0.4, -0.2) is 22.1 Å². The molecule has 0 saturated carbocycles. The lowest BCUT2D eigenvalue weighted by Crippen LogP contribution is -2.34. The summed E-state index contributed by atoms with van der Waals surface area (Å²) in [7, 11) is 0. The van der Waals surface area contributed by atoms with Crippen molar-refractivity contribution >= 4 is 52.3 Å². The van der Waals surface area contributed by atoms with Crippen LogP contribution in [0.2, 0.25) is 0 Å². The molecule has 148 valence electrons. The van der Waals surface area contributed by atoms with Crippen molar-refractivity contribution < 1.29 is 13.9 Å². The maximum atomic E-state index is 12.4. The Morgan fingerprint density at radius 3 is 2.86 bits per heavy atom. The first kappa shape index (κ1) is 21.7. The molecule has 0 bridgehead atoms. The first-order valence-corrected chi connectivity index (χ1v) is 9.19. The number of ether oxygens (including phenoxy) is 1. The summed E-state index contributed by atoms with van der Waals surface area (Å²) >= 11 is 5.26. The van der Waals surface area contributed by atoms with E-state index in [2.05, 4.69) is 22.5 Å². The molecule has 1 amide bonds. The van der Waals surface area contributed by atoms with E-state index in [1.165, 1.54) is 0 Å².